The van der Waals surface area contributed by atoms with Crippen LogP contribution in [0.4, 0.5) is 13.2 Å². The molecule has 1 aromatic rings. The fourth-order valence-corrected chi connectivity index (χ4v) is 5.29. The Morgan fingerprint density at radius 1 is 1.04 bits per heavy atom. The first-order chi connectivity index (χ1) is 13.5. The third-order valence-electron chi connectivity index (χ3n) is 6.87. The molecule has 2 fully saturated rings. The van der Waals surface area contributed by atoms with Crippen LogP contribution < -0.4 is 4.74 Å². The molecule has 2 aliphatic carbocycles. The minimum absolute atomic E-state index is 0.189. The number of aryl methyl sites for hydroxylation is 1. The van der Waals surface area contributed by atoms with Gasteiger partial charge in [0.25, 0.3) is 0 Å². The number of ether oxygens (including phenoxy) is 1. The third kappa shape index (κ3) is 5.46. The van der Waals surface area contributed by atoms with E-state index in [-0.39, 0.29) is 5.02 Å². The summed E-state index contributed by atoms with van der Waals surface area (Å²) in [4.78, 5) is 0. The average Bonchev–Trinajstić information content (AvgIpc) is 2.71. The van der Waals surface area contributed by atoms with E-state index < -0.39 is 18.2 Å². The average molecular weight is 415 g/mol. The van der Waals surface area contributed by atoms with E-state index in [0.717, 1.165) is 18.3 Å². The normalized spacial score (nSPS) is 28.3. The lowest BCUT2D eigenvalue weighted by atomic mass is 9.68. The van der Waals surface area contributed by atoms with Crippen molar-refractivity contribution < 1.29 is 17.9 Å². The zero-order valence-corrected chi connectivity index (χ0v) is 17.1. The van der Waals surface area contributed by atoms with Gasteiger partial charge in [-0.15, -0.1) is 6.58 Å². The number of allylic oxidation sites excluding steroid dienone is 1. The van der Waals surface area contributed by atoms with E-state index in [0.29, 0.717) is 23.8 Å². The van der Waals surface area contributed by atoms with Gasteiger partial charge in [-0.05, 0) is 86.7 Å². The maximum atomic E-state index is 14.1. The highest BCUT2D eigenvalue weighted by atomic mass is 35.5. The van der Waals surface area contributed by atoms with Crippen molar-refractivity contribution in [2.75, 3.05) is 0 Å². The minimum atomic E-state index is -3.06. The molecule has 28 heavy (non-hydrogen) atoms. The molecule has 1 nitrogen and oxygen atoms in total. The number of halogens is 4. The van der Waals surface area contributed by atoms with E-state index in [1.807, 2.05) is 0 Å². The second-order valence-electron chi connectivity index (χ2n) is 8.46. The van der Waals surface area contributed by atoms with Crippen LogP contribution in [0.2, 0.25) is 5.02 Å². The van der Waals surface area contributed by atoms with Crippen LogP contribution >= 0.6 is 11.6 Å². The van der Waals surface area contributed by atoms with E-state index in [1.165, 1.54) is 57.4 Å². The van der Waals surface area contributed by atoms with Crippen molar-refractivity contribution in [1.82, 2.24) is 0 Å². The summed E-state index contributed by atoms with van der Waals surface area (Å²) < 4.78 is 43.8. The second-order valence-corrected chi connectivity index (χ2v) is 8.87. The first-order valence-corrected chi connectivity index (χ1v) is 10.9. The predicted octanol–water partition coefficient (Wildman–Crippen LogP) is 7.81. The molecule has 1 aromatic carbocycles. The molecule has 0 aromatic heterocycles. The number of rotatable bonds is 7. The lowest BCUT2D eigenvalue weighted by Crippen LogP contribution is -2.25. The lowest BCUT2D eigenvalue weighted by Gasteiger charge is -2.37. The Balaban J connectivity index is 1.49. The van der Waals surface area contributed by atoms with Gasteiger partial charge in [0, 0.05) is 0 Å². The van der Waals surface area contributed by atoms with Crippen LogP contribution in [0.5, 0.6) is 5.75 Å². The molecule has 0 saturated heterocycles. The molecular formula is C23H30ClF3O. The van der Waals surface area contributed by atoms with E-state index in [1.54, 1.807) is 6.07 Å². The number of hydrogen-bond donors (Lipinski definition) is 0. The van der Waals surface area contributed by atoms with Gasteiger partial charge in [-0.3, -0.25) is 0 Å². The van der Waals surface area contributed by atoms with Crippen LogP contribution in [-0.2, 0) is 6.42 Å². The van der Waals surface area contributed by atoms with E-state index in [2.05, 4.69) is 17.4 Å². The third-order valence-corrected chi connectivity index (χ3v) is 7.16. The van der Waals surface area contributed by atoms with Gasteiger partial charge >= 0.3 is 6.61 Å². The Bertz CT molecular complexity index is 647. The molecule has 3 rings (SSSR count). The second kappa shape index (κ2) is 10.0. The van der Waals surface area contributed by atoms with Crippen LogP contribution in [0.25, 0.3) is 0 Å². The largest absolute Gasteiger partial charge is 0.431 e. The quantitative estimate of drug-likeness (QED) is 0.413. The van der Waals surface area contributed by atoms with Gasteiger partial charge in [0.15, 0.2) is 11.6 Å². The molecule has 2 saturated carbocycles. The number of benzene rings is 1. The minimum Gasteiger partial charge on any atom is -0.431 e. The SMILES string of the molecule is C=CC1CCC(C2CCC(CCc3ccc(Cl)c(F)c3OC(F)F)CC2)CC1. The fourth-order valence-electron chi connectivity index (χ4n) is 5.15. The highest BCUT2D eigenvalue weighted by molar-refractivity contribution is 6.30. The van der Waals surface area contributed by atoms with Gasteiger partial charge in [-0.1, -0.05) is 36.6 Å². The van der Waals surface area contributed by atoms with E-state index in [9.17, 15) is 13.2 Å². The van der Waals surface area contributed by atoms with Crippen molar-refractivity contribution in [2.24, 2.45) is 23.7 Å². The molecule has 156 valence electrons. The number of hydrogen-bond acceptors (Lipinski definition) is 1. The van der Waals surface area contributed by atoms with Crippen molar-refractivity contribution in [1.29, 1.82) is 0 Å². The lowest BCUT2D eigenvalue weighted by molar-refractivity contribution is -0.0528. The summed E-state index contributed by atoms with van der Waals surface area (Å²) in [5, 5.41) is -0.189. The highest BCUT2D eigenvalue weighted by Gasteiger charge is 2.30. The predicted molar refractivity (Wildman–Crippen MR) is 107 cm³/mol. The van der Waals surface area contributed by atoms with Crippen LogP contribution in [0.3, 0.4) is 0 Å². The zero-order chi connectivity index (χ0) is 20.1. The van der Waals surface area contributed by atoms with Gasteiger partial charge in [0.2, 0.25) is 0 Å². The van der Waals surface area contributed by atoms with Gasteiger partial charge in [-0.2, -0.15) is 8.78 Å². The Morgan fingerprint density at radius 3 is 2.21 bits per heavy atom. The molecule has 0 heterocycles. The molecule has 5 heteroatoms. The Labute approximate surface area is 171 Å². The van der Waals surface area contributed by atoms with Crippen molar-refractivity contribution >= 4 is 11.6 Å². The van der Waals surface area contributed by atoms with Gasteiger partial charge in [-0.25, -0.2) is 4.39 Å². The first-order valence-electron chi connectivity index (χ1n) is 10.5. The zero-order valence-electron chi connectivity index (χ0n) is 16.3. The fraction of sp³-hybridized carbons (Fsp3) is 0.652. The van der Waals surface area contributed by atoms with Gasteiger partial charge in [0.1, 0.15) is 0 Å². The van der Waals surface area contributed by atoms with Crippen LogP contribution in [0, 0.1) is 29.5 Å². The molecule has 0 aliphatic heterocycles. The van der Waals surface area contributed by atoms with E-state index in [4.69, 9.17) is 11.6 Å². The number of alkyl halides is 2. The van der Waals surface area contributed by atoms with Crippen LogP contribution in [0.1, 0.15) is 63.4 Å². The molecule has 0 amide bonds. The highest BCUT2D eigenvalue weighted by Crippen LogP contribution is 2.42. The summed E-state index contributed by atoms with van der Waals surface area (Å²) in [5.41, 5.74) is 0.479. The molecular weight excluding hydrogens is 385 g/mol. The summed E-state index contributed by atoms with van der Waals surface area (Å²) in [7, 11) is 0. The summed E-state index contributed by atoms with van der Waals surface area (Å²) >= 11 is 5.72. The molecule has 0 radical (unpaired) electrons. The molecule has 0 spiro atoms. The van der Waals surface area contributed by atoms with Crippen molar-refractivity contribution in [3.8, 4) is 5.75 Å². The molecule has 0 unspecified atom stereocenters. The van der Waals surface area contributed by atoms with E-state index >= 15 is 0 Å². The van der Waals surface area contributed by atoms with Crippen LogP contribution in [-0.4, -0.2) is 6.61 Å². The topological polar surface area (TPSA) is 9.23 Å². The maximum absolute atomic E-state index is 14.1. The van der Waals surface area contributed by atoms with Crippen LogP contribution in [0.15, 0.2) is 24.8 Å². The Kier molecular flexibility index (Phi) is 7.73. The summed E-state index contributed by atoms with van der Waals surface area (Å²) in [6, 6.07) is 3.02. The standard InChI is InChI=1S/C23H30ClF3O/c1-2-15-3-8-17(9-4-15)18-10-5-16(6-11-18)7-12-19-13-14-20(24)21(25)22(19)28-23(26)27/h2,13-18,23H,1,3-12H2. The maximum Gasteiger partial charge on any atom is 0.387 e. The molecule has 0 bridgehead atoms. The molecule has 0 N–H and O–H groups in total. The van der Waals surface area contributed by atoms with Crippen molar-refractivity contribution in [3.05, 3.63) is 41.2 Å². The molecule has 2 aliphatic rings. The Morgan fingerprint density at radius 2 is 1.64 bits per heavy atom. The monoisotopic (exact) mass is 414 g/mol. The van der Waals surface area contributed by atoms with Gasteiger partial charge < -0.3 is 4.74 Å². The van der Waals surface area contributed by atoms with Crippen molar-refractivity contribution in [2.45, 2.75) is 70.8 Å². The summed E-state index contributed by atoms with van der Waals surface area (Å²) in [6.07, 6.45) is 13.6. The van der Waals surface area contributed by atoms with Crippen molar-refractivity contribution in [3.63, 3.8) is 0 Å². The first kappa shape index (κ1) is 21.5. The summed E-state index contributed by atoms with van der Waals surface area (Å²) in [6.45, 7) is 0.871. The smallest absolute Gasteiger partial charge is 0.387 e. The molecule has 0 atom stereocenters. The van der Waals surface area contributed by atoms with Gasteiger partial charge in [0.05, 0.1) is 5.02 Å². The summed E-state index contributed by atoms with van der Waals surface area (Å²) in [5.74, 6) is 1.67. The Hall–Kier alpha value is -1.16.